The van der Waals surface area contributed by atoms with Gasteiger partial charge in [-0.1, -0.05) is 0 Å². The Hall–Kier alpha value is -2.08. The summed E-state index contributed by atoms with van der Waals surface area (Å²) in [4.78, 5) is 24.1. The van der Waals surface area contributed by atoms with Gasteiger partial charge in [-0.15, -0.1) is 0 Å². The third-order valence-corrected chi connectivity index (χ3v) is 2.47. The molecule has 0 bridgehead atoms. The summed E-state index contributed by atoms with van der Waals surface area (Å²) in [6.07, 6.45) is 0. The van der Waals surface area contributed by atoms with Crippen molar-refractivity contribution in [3.8, 4) is 5.75 Å². The van der Waals surface area contributed by atoms with Gasteiger partial charge in [0.2, 0.25) is 0 Å². The summed E-state index contributed by atoms with van der Waals surface area (Å²) in [5, 5.41) is 11.8. The normalized spacial score (nSPS) is 14.0. The number of nitrogens with zero attached hydrogens (tertiary/aromatic N) is 1. The van der Waals surface area contributed by atoms with Gasteiger partial charge in [0, 0.05) is 12.7 Å². The fraction of sp³-hybridized carbons (Fsp3) is 0.273. The van der Waals surface area contributed by atoms with Crippen LogP contribution in [-0.4, -0.2) is 37.2 Å². The minimum Gasteiger partial charge on any atom is -0.482 e. The third-order valence-electron chi connectivity index (χ3n) is 2.47. The average Bonchev–Trinajstić information content (AvgIpc) is 2.37. The number of aliphatic hydroxyl groups excluding tert-OH is 1. The molecule has 1 aromatic carbocycles. The Morgan fingerprint density at radius 2 is 2.35 bits per heavy atom. The van der Waals surface area contributed by atoms with E-state index in [-0.39, 0.29) is 6.61 Å². The molecular formula is C11H12N2O4. The van der Waals surface area contributed by atoms with Crippen molar-refractivity contribution in [2.45, 2.75) is 0 Å². The van der Waals surface area contributed by atoms with Gasteiger partial charge in [-0.2, -0.15) is 0 Å². The molecule has 6 nitrogen and oxygen atoms in total. The van der Waals surface area contributed by atoms with Crippen molar-refractivity contribution in [1.29, 1.82) is 0 Å². The molecule has 0 aliphatic carbocycles. The number of carbonyl (C=O) groups excluding carboxylic acids is 2. The number of hydrogen-bond acceptors (Lipinski definition) is 5. The van der Waals surface area contributed by atoms with Crippen molar-refractivity contribution in [2.75, 3.05) is 30.5 Å². The van der Waals surface area contributed by atoms with Crippen LogP contribution in [0, 0.1) is 0 Å². The van der Waals surface area contributed by atoms with Crippen molar-refractivity contribution in [1.82, 2.24) is 0 Å². The highest BCUT2D eigenvalue weighted by Crippen LogP contribution is 2.34. The molecule has 0 saturated heterocycles. The molecule has 2 N–H and O–H groups in total. The summed E-state index contributed by atoms with van der Waals surface area (Å²) in [7, 11) is 1.73. The molecular weight excluding hydrogens is 224 g/mol. The molecule has 90 valence electrons. The van der Waals surface area contributed by atoms with Crippen LogP contribution in [-0.2, 0) is 9.59 Å². The standard InChI is InChI=1S/C11H12N2O4/c1-12-7-2-3-9-8(4-7)13(10(15)5-14)11(16)6-17-9/h2-4,12,14H,5-6H2,1H3. The number of amides is 2. The van der Waals surface area contributed by atoms with E-state index in [0.29, 0.717) is 11.4 Å². The molecule has 1 aromatic rings. The molecule has 2 rings (SSSR count). The van der Waals surface area contributed by atoms with Crippen LogP contribution in [0.4, 0.5) is 11.4 Å². The summed E-state index contributed by atoms with van der Waals surface area (Å²) >= 11 is 0. The van der Waals surface area contributed by atoms with Gasteiger partial charge < -0.3 is 15.2 Å². The molecule has 0 atom stereocenters. The van der Waals surface area contributed by atoms with Crippen LogP contribution in [0.15, 0.2) is 18.2 Å². The van der Waals surface area contributed by atoms with E-state index in [4.69, 9.17) is 9.84 Å². The predicted molar refractivity (Wildman–Crippen MR) is 61.1 cm³/mol. The highest BCUT2D eigenvalue weighted by Gasteiger charge is 2.30. The molecule has 0 radical (unpaired) electrons. The van der Waals surface area contributed by atoms with E-state index < -0.39 is 18.4 Å². The zero-order chi connectivity index (χ0) is 12.4. The van der Waals surface area contributed by atoms with Crippen molar-refractivity contribution in [3.63, 3.8) is 0 Å². The largest absolute Gasteiger partial charge is 0.482 e. The van der Waals surface area contributed by atoms with Crippen molar-refractivity contribution >= 4 is 23.2 Å². The minimum atomic E-state index is -0.713. The number of carbonyl (C=O) groups is 2. The molecule has 2 amide bonds. The van der Waals surface area contributed by atoms with Crippen molar-refractivity contribution < 1.29 is 19.4 Å². The second-order valence-corrected chi connectivity index (χ2v) is 3.50. The molecule has 0 saturated carbocycles. The number of benzene rings is 1. The van der Waals surface area contributed by atoms with Gasteiger partial charge in [0.15, 0.2) is 6.61 Å². The Morgan fingerprint density at radius 3 is 3.00 bits per heavy atom. The third kappa shape index (κ3) is 1.94. The van der Waals surface area contributed by atoms with Crippen molar-refractivity contribution in [3.05, 3.63) is 18.2 Å². The molecule has 6 heteroatoms. The smallest absolute Gasteiger partial charge is 0.271 e. The Labute approximate surface area is 97.8 Å². The van der Waals surface area contributed by atoms with E-state index in [1.54, 1.807) is 25.2 Å². The fourth-order valence-corrected chi connectivity index (χ4v) is 1.65. The summed E-state index contributed by atoms with van der Waals surface area (Å²) in [6, 6.07) is 5.07. The monoisotopic (exact) mass is 236 g/mol. The number of anilines is 2. The SMILES string of the molecule is CNc1ccc2c(c1)N(C(=O)CO)C(=O)CO2. The average molecular weight is 236 g/mol. The van der Waals surface area contributed by atoms with Gasteiger partial charge in [-0.3, -0.25) is 9.59 Å². The molecule has 0 unspecified atom stereocenters. The predicted octanol–water partition coefficient (Wildman–Crippen LogP) is -0.0274. The van der Waals surface area contributed by atoms with Gasteiger partial charge in [-0.05, 0) is 18.2 Å². The molecule has 1 heterocycles. The van der Waals surface area contributed by atoms with Gasteiger partial charge in [-0.25, -0.2) is 4.90 Å². The first kappa shape index (κ1) is 11.4. The molecule has 0 fully saturated rings. The van der Waals surface area contributed by atoms with Crippen LogP contribution in [0.1, 0.15) is 0 Å². The van der Waals surface area contributed by atoms with E-state index in [0.717, 1.165) is 10.6 Å². The number of ether oxygens (including phenoxy) is 1. The topological polar surface area (TPSA) is 78.9 Å². The minimum absolute atomic E-state index is 0.197. The maximum Gasteiger partial charge on any atom is 0.271 e. The zero-order valence-corrected chi connectivity index (χ0v) is 9.27. The molecule has 1 aliphatic rings. The second kappa shape index (κ2) is 4.42. The van der Waals surface area contributed by atoms with Crippen LogP contribution in [0.25, 0.3) is 0 Å². The number of aliphatic hydroxyl groups is 1. The first-order valence-electron chi connectivity index (χ1n) is 5.08. The summed E-state index contributed by atoms with van der Waals surface area (Å²) in [6.45, 7) is -0.910. The molecule has 0 aromatic heterocycles. The first-order valence-corrected chi connectivity index (χ1v) is 5.08. The zero-order valence-electron chi connectivity index (χ0n) is 9.27. The fourth-order valence-electron chi connectivity index (χ4n) is 1.65. The Kier molecular flexibility index (Phi) is 2.97. The van der Waals surface area contributed by atoms with Gasteiger partial charge in [0.25, 0.3) is 11.8 Å². The molecule has 0 spiro atoms. The number of fused-ring (bicyclic) bond motifs is 1. The lowest BCUT2D eigenvalue weighted by molar-refractivity contribution is -0.129. The number of nitrogens with one attached hydrogen (secondary N) is 1. The molecule has 1 aliphatic heterocycles. The Morgan fingerprint density at radius 1 is 1.59 bits per heavy atom. The second-order valence-electron chi connectivity index (χ2n) is 3.50. The lowest BCUT2D eigenvalue weighted by atomic mass is 10.2. The van der Waals surface area contributed by atoms with Crippen LogP contribution >= 0.6 is 0 Å². The van der Waals surface area contributed by atoms with E-state index >= 15 is 0 Å². The highest BCUT2D eigenvalue weighted by atomic mass is 16.5. The maximum atomic E-state index is 11.6. The quantitative estimate of drug-likeness (QED) is 0.754. The van der Waals surface area contributed by atoms with Crippen LogP contribution in [0.2, 0.25) is 0 Å². The van der Waals surface area contributed by atoms with E-state index in [2.05, 4.69) is 5.32 Å². The van der Waals surface area contributed by atoms with Gasteiger partial charge >= 0.3 is 0 Å². The lowest BCUT2D eigenvalue weighted by Gasteiger charge is -2.27. The number of imide groups is 1. The molecule has 17 heavy (non-hydrogen) atoms. The Balaban J connectivity index is 2.48. The first-order chi connectivity index (χ1) is 8.17. The van der Waals surface area contributed by atoms with E-state index in [9.17, 15) is 9.59 Å². The maximum absolute atomic E-state index is 11.6. The van der Waals surface area contributed by atoms with Crippen LogP contribution < -0.4 is 15.0 Å². The summed E-state index contributed by atoms with van der Waals surface area (Å²) in [5.41, 5.74) is 1.10. The van der Waals surface area contributed by atoms with Gasteiger partial charge in [0.1, 0.15) is 12.4 Å². The lowest BCUT2D eigenvalue weighted by Crippen LogP contribution is -2.44. The summed E-state index contributed by atoms with van der Waals surface area (Å²) < 4.78 is 5.21. The van der Waals surface area contributed by atoms with Crippen LogP contribution in [0.5, 0.6) is 5.75 Å². The number of hydrogen-bond donors (Lipinski definition) is 2. The van der Waals surface area contributed by atoms with Crippen LogP contribution in [0.3, 0.4) is 0 Å². The van der Waals surface area contributed by atoms with E-state index in [1.807, 2.05) is 0 Å². The summed E-state index contributed by atoms with van der Waals surface area (Å²) in [5.74, 6) is -0.692. The van der Waals surface area contributed by atoms with E-state index in [1.165, 1.54) is 0 Å². The highest BCUT2D eigenvalue weighted by molar-refractivity contribution is 6.17. The number of rotatable bonds is 2. The van der Waals surface area contributed by atoms with Gasteiger partial charge in [0.05, 0.1) is 5.69 Å². The Bertz CT molecular complexity index is 473. The van der Waals surface area contributed by atoms with Crippen molar-refractivity contribution in [2.24, 2.45) is 0 Å².